The number of hydrogen-bond donors (Lipinski definition) is 2. The fourth-order valence-electron chi connectivity index (χ4n) is 1.79. The monoisotopic (exact) mass is 231 g/mol. The fourth-order valence-corrected chi connectivity index (χ4v) is 1.79. The Labute approximate surface area is 101 Å². The second kappa shape index (κ2) is 8.93. The summed E-state index contributed by atoms with van der Waals surface area (Å²) in [6.07, 6.45) is -0.274. The van der Waals surface area contributed by atoms with E-state index < -0.39 is 0 Å². The Hall–Kier alpha value is -0.160. The molecule has 16 heavy (non-hydrogen) atoms. The van der Waals surface area contributed by atoms with Crippen LogP contribution in [0.3, 0.4) is 0 Å². The van der Waals surface area contributed by atoms with E-state index in [1.807, 2.05) is 0 Å². The van der Waals surface area contributed by atoms with Crippen LogP contribution >= 0.6 is 0 Å². The normalized spacial score (nSPS) is 15.8. The third-order valence-electron chi connectivity index (χ3n) is 2.70. The molecule has 2 unspecified atom stereocenters. The summed E-state index contributed by atoms with van der Waals surface area (Å²) in [5.74, 6) is 0. The lowest BCUT2D eigenvalue weighted by molar-refractivity contribution is 0.113. The summed E-state index contributed by atoms with van der Waals surface area (Å²) in [6, 6.07) is 0.418. The van der Waals surface area contributed by atoms with Crippen LogP contribution in [0.1, 0.15) is 20.8 Å². The van der Waals surface area contributed by atoms with Crippen LogP contribution in [0.2, 0.25) is 0 Å². The van der Waals surface area contributed by atoms with Gasteiger partial charge in [0.05, 0.1) is 6.10 Å². The summed E-state index contributed by atoms with van der Waals surface area (Å²) in [6.45, 7) is 10.8. The largest absolute Gasteiger partial charge is 0.390 e. The van der Waals surface area contributed by atoms with Crippen LogP contribution in [0.4, 0.5) is 0 Å². The molecule has 0 saturated heterocycles. The maximum absolute atomic E-state index is 9.85. The highest BCUT2D eigenvalue weighted by Gasteiger charge is 2.10. The van der Waals surface area contributed by atoms with Crippen molar-refractivity contribution in [3.8, 4) is 0 Å². The highest BCUT2D eigenvalue weighted by molar-refractivity contribution is 4.69. The first-order chi connectivity index (χ1) is 7.49. The SMILES string of the molecule is CCN(CC)CC(O)CNC(C)CN(C)C. The number of aliphatic hydroxyl groups is 1. The maximum atomic E-state index is 9.85. The summed E-state index contributed by atoms with van der Waals surface area (Å²) in [5, 5.41) is 13.2. The first-order valence-electron chi connectivity index (χ1n) is 6.28. The van der Waals surface area contributed by atoms with Crippen molar-refractivity contribution in [2.75, 3.05) is 46.8 Å². The maximum Gasteiger partial charge on any atom is 0.0791 e. The smallest absolute Gasteiger partial charge is 0.0791 e. The highest BCUT2D eigenvalue weighted by Crippen LogP contribution is 1.92. The zero-order valence-corrected chi connectivity index (χ0v) is 11.5. The van der Waals surface area contributed by atoms with Gasteiger partial charge in [-0.1, -0.05) is 13.8 Å². The molecule has 0 aromatic rings. The van der Waals surface area contributed by atoms with Gasteiger partial charge in [0.25, 0.3) is 0 Å². The van der Waals surface area contributed by atoms with E-state index in [2.05, 4.69) is 50.0 Å². The molecule has 0 aliphatic carbocycles. The highest BCUT2D eigenvalue weighted by atomic mass is 16.3. The van der Waals surface area contributed by atoms with Gasteiger partial charge in [0.15, 0.2) is 0 Å². The minimum absolute atomic E-state index is 0.274. The molecule has 4 heteroatoms. The molecule has 0 rings (SSSR count). The van der Waals surface area contributed by atoms with Crippen LogP contribution in [0, 0.1) is 0 Å². The van der Waals surface area contributed by atoms with Gasteiger partial charge >= 0.3 is 0 Å². The Bertz CT molecular complexity index is 160. The van der Waals surface area contributed by atoms with Crippen molar-refractivity contribution < 1.29 is 5.11 Å². The van der Waals surface area contributed by atoms with Crippen molar-refractivity contribution >= 4 is 0 Å². The third kappa shape index (κ3) is 8.05. The Morgan fingerprint density at radius 1 is 1.12 bits per heavy atom. The Kier molecular flexibility index (Phi) is 8.84. The van der Waals surface area contributed by atoms with E-state index in [1.54, 1.807) is 0 Å². The van der Waals surface area contributed by atoms with E-state index in [1.165, 1.54) is 0 Å². The number of hydrogen-bond acceptors (Lipinski definition) is 4. The van der Waals surface area contributed by atoms with Gasteiger partial charge in [-0.05, 0) is 34.1 Å². The lowest BCUT2D eigenvalue weighted by Crippen LogP contribution is -2.43. The van der Waals surface area contributed by atoms with Crippen molar-refractivity contribution in [1.82, 2.24) is 15.1 Å². The predicted octanol–water partition coefficient (Wildman–Crippen LogP) is 0.229. The molecular weight excluding hydrogens is 202 g/mol. The van der Waals surface area contributed by atoms with Crippen molar-refractivity contribution in [3.63, 3.8) is 0 Å². The molecule has 0 aliphatic heterocycles. The van der Waals surface area contributed by atoms with E-state index in [4.69, 9.17) is 0 Å². The van der Waals surface area contributed by atoms with Gasteiger partial charge in [-0.25, -0.2) is 0 Å². The Morgan fingerprint density at radius 3 is 2.12 bits per heavy atom. The number of aliphatic hydroxyl groups excluding tert-OH is 1. The van der Waals surface area contributed by atoms with Gasteiger partial charge < -0.3 is 20.2 Å². The second-order valence-electron chi connectivity index (χ2n) is 4.71. The first-order valence-corrected chi connectivity index (χ1v) is 6.28. The Balaban J connectivity index is 3.67. The van der Waals surface area contributed by atoms with Gasteiger partial charge in [0, 0.05) is 25.7 Å². The van der Waals surface area contributed by atoms with Crippen molar-refractivity contribution in [3.05, 3.63) is 0 Å². The molecule has 0 spiro atoms. The van der Waals surface area contributed by atoms with Crippen LogP contribution in [-0.4, -0.2) is 73.9 Å². The molecule has 0 aromatic carbocycles. The van der Waals surface area contributed by atoms with Gasteiger partial charge in [0.1, 0.15) is 0 Å². The fraction of sp³-hybridized carbons (Fsp3) is 1.00. The summed E-state index contributed by atoms with van der Waals surface area (Å²) in [4.78, 5) is 4.39. The lowest BCUT2D eigenvalue weighted by atomic mass is 10.2. The summed E-state index contributed by atoms with van der Waals surface area (Å²) >= 11 is 0. The zero-order valence-electron chi connectivity index (χ0n) is 11.5. The molecule has 0 aliphatic rings. The minimum atomic E-state index is -0.274. The molecule has 98 valence electrons. The molecule has 0 radical (unpaired) electrons. The second-order valence-corrected chi connectivity index (χ2v) is 4.71. The molecule has 0 bridgehead atoms. The average molecular weight is 231 g/mol. The van der Waals surface area contributed by atoms with Gasteiger partial charge in [-0.3, -0.25) is 0 Å². The summed E-state index contributed by atoms with van der Waals surface area (Å²) in [7, 11) is 4.12. The topological polar surface area (TPSA) is 38.7 Å². The van der Waals surface area contributed by atoms with Crippen molar-refractivity contribution in [2.45, 2.75) is 32.9 Å². The number of rotatable bonds is 9. The number of nitrogens with zero attached hydrogens (tertiary/aromatic N) is 2. The molecule has 0 saturated carbocycles. The van der Waals surface area contributed by atoms with Crippen LogP contribution in [0.5, 0.6) is 0 Å². The molecule has 2 N–H and O–H groups in total. The number of likely N-dealkylation sites (N-methyl/N-ethyl adjacent to an activating group) is 2. The average Bonchev–Trinajstić information content (AvgIpc) is 2.22. The van der Waals surface area contributed by atoms with E-state index in [0.717, 1.165) is 26.2 Å². The quantitative estimate of drug-likeness (QED) is 0.596. The van der Waals surface area contributed by atoms with Crippen LogP contribution in [0.25, 0.3) is 0 Å². The van der Waals surface area contributed by atoms with E-state index in [0.29, 0.717) is 12.6 Å². The van der Waals surface area contributed by atoms with E-state index in [9.17, 15) is 5.11 Å². The van der Waals surface area contributed by atoms with Gasteiger partial charge in [-0.15, -0.1) is 0 Å². The molecule has 2 atom stereocenters. The zero-order chi connectivity index (χ0) is 12.6. The molecule has 0 fully saturated rings. The molecular formula is C12H29N3O. The van der Waals surface area contributed by atoms with Gasteiger partial charge in [0.2, 0.25) is 0 Å². The first kappa shape index (κ1) is 15.8. The van der Waals surface area contributed by atoms with Crippen LogP contribution < -0.4 is 5.32 Å². The summed E-state index contributed by atoms with van der Waals surface area (Å²) in [5.41, 5.74) is 0. The molecule has 0 heterocycles. The molecule has 0 amide bonds. The van der Waals surface area contributed by atoms with Crippen LogP contribution in [0.15, 0.2) is 0 Å². The van der Waals surface area contributed by atoms with Crippen molar-refractivity contribution in [2.24, 2.45) is 0 Å². The standard InChI is InChI=1S/C12H29N3O/c1-6-15(7-2)10-12(16)8-13-11(3)9-14(4)5/h11-13,16H,6-10H2,1-5H3. The third-order valence-corrected chi connectivity index (χ3v) is 2.70. The van der Waals surface area contributed by atoms with E-state index in [-0.39, 0.29) is 6.10 Å². The van der Waals surface area contributed by atoms with Crippen LogP contribution in [-0.2, 0) is 0 Å². The summed E-state index contributed by atoms with van der Waals surface area (Å²) < 4.78 is 0. The van der Waals surface area contributed by atoms with Gasteiger partial charge in [-0.2, -0.15) is 0 Å². The predicted molar refractivity (Wildman–Crippen MR) is 69.8 cm³/mol. The molecule has 0 aromatic heterocycles. The molecule has 4 nitrogen and oxygen atoms in total. The Morgan fingerprint density at radius 2 is 1.69 bits per heavy atom. The lowest BCUT2D eigenvalue weighted by Gasteiger charge is -2.24. The van der Waals surface area contributed by atoms with E-state index >= 15 is 0 Å². The van der Waals surface area contributed by atoms with Crippen molar-refractivity contribution in [1.29, 1.82) is 0 Å². The number of nitrogens with one attached hydrogen (secondary N) is 1. The minimum Gasteiger partial charge on any atom is -0.390 e.